The molecule has 1 aromatic heterocycles. The van der Waals surface area contributed by atoms with Crippen molar-refractivity contribution in [1.29, 1.82) is 0 Å². The predicted molar refractivity (Wildman–Crippen MR) is 112 cm³/mol. The zero-order valence-corrected chi connectivity index (χ0v) is 17.6. The van der Waals surface area contributed by atoms with Crippen molar-refractivity contribution in [2.24, 2.45) is 11.3 Å². The van der Waals surface area contributed by atoms with Crippen LogP contribution in [-0.4, -0.2) is 79.0 Å². The van der Waals surface area contributed by atoms with Crippen molar-refractivity contribution in [3.8, 4) is 0 Å². The van der Waals surface area contributed by atoms with E-state index < -0.39 is 0 Å². The maximum Gasteiger partial charge on any atom is 0.230 e. The fourth-order valence-electron chi connectivity index (χ4n) is 5.82. The number of carbonyl (C=O) groups excluding carboxylic acids is 1. The van der Waals surface area contributed by atoms with E-state index in [1.54, 1.807) is 0 Å². The molecule has 0 aromatic carbocycles. The van der Waals surface area contributed by atoms with E-state index in [4.69, 9.17) is 0 Å². The second-order valence-corrected chi connectivity index (χ2v) is 9.54. The van der Waals surface area contributed by atoms with Gasteiger partial charge in [0.05, 0.1) is 5.41 Å². The van der Waals surface area contributed by atoms with Crippen molar-refractivity contribution < 1.29 is 4.79 Å². The molecule has 5 heteroatoms. The lowest BCUT2D eigenvalue weighted by atomic mass is 9.69. The molecule has 1 spiro atoms. The zero-order chi connectivity index (χ0) is 19.6. The van der Waals surface area contributed by atoms with Crippen molar-refractivity contribution in [3.05, 3.63) is 30.1 Å². The number of hydrogen-bond donors (Lipinski definition) is 0. The number of hydrogen-bond acceptors (Lipinski definition) is 4. The summed E-state index contributed by atoms with van der Waals surface area (Å²) in [6.07, 6.45) is 11.5. The molecule has 28 heavy (non-hydrogen) atoms. The van der Waals surface area contributed by atoms with E-state index >= 15 is 0 Å². The van der Waals surface area contributed by atoms with Crippen LogP contribution in [0.1, 0.15) is 50.0 Å². The van der Waals surface area contributed by atoms with E-state index in [1.807, 2.05) is 18.5 Å². The Balaban J connectivity index is 1.57. The summed E-state index contributed by atoms with van der Waals surface area (Å²) in [6, 6.07) is 4.21. The third-order valence-corrected chi connectivity index (χ3v) is 7.27. The van der Waals surface area contributed by atoms with Crippen LogP contribution in [0.5, 0.6) is 0 Å². The fraction of sp³-hybridized carbons (Fsp3) is 0.739. The Bertz CT molecular complexity index is 658. The monoisotopic (exact) mass is 384 g/mol. The Morgan fingerprint density at radius 1 is 1.25 bits per heavy atom. The lowest BCUT2D eigenvalue weighted by Crippen LogP contribution is -2.53. The SMILES string of the molecule is CN(C)CCN1CCC[C@@]2(CN(CC3CCCC3)C[C@H]2c2cccnc2)C1=O. The molecule has 0 N–H and O–H groups in total. The number of nitrogens with zero attached hydrogens (tertiary/aromatic N) is 4. The molecule has 4 rings (SSSR count). The molecular weight excluding hydrogens is 348 g/mol. The van der Waals surface area contributed by atoms with Crippen LogP contribution in [0.2, 0.25) is 0 Å². The molecule has 1 amide bonds. The largest absolute Gasteiger partial charge is 0.341 e. The maximum atomic E-state index is 13.8. The van der Waals surface area contributed by atoms with Gasteiger partial charge in [0.15, 0.2) is 0 Å². The quantitative estimate of drug-likeness (QED) is 0.756. The molecule has 2 atom stereocenters. The number of likely N-dealkylation sites (tertiary alicyclic amines) is 2. The molecule has 1 aliphatic carbocycles. The van der Waals surface area contributed by atoms with Crippen LogP contribution < -0.4 is 0 Å². The van der Waals surface area contributed by atoms with Crippen LogP contribution in [-0.2, 0) is 4.79 Å². The summed E-state index contributed by atoms with van der Waals surface area (Å²) in [5, 5.41) is 0. The van der Waals surface area contributed by atoms with Crippen LogP contribution in [0.15, 0.2) is 24.5 Å². The fourth-order valence-corrected chi connectivity index (χ4v) is 5.82. The third kappa shape index (κ3) is 3.97. The molecule has 3 fully saturated rings. The van der Waals surface area contributed by atoms with E-state index in [2.05, 4.69) is 39.8 Å². The summed E-state index contributed by atoms with van der Waals surface area (Å²) < 4.78 is 0. The van der Waals surface area contributed by atoms with Gasteiger partial charge in [-0.15, -0.1) is 0 Å². The zero-order valence-electron chi connectivity index (χ0n) is 17.6. The van der Waals surface area contributed by atoms with Crippen molar-refractivity contribution in [2.75, 3.05) is 53.4 Å². The Morgan fingerprint density at radius 2 is 2.07 bits per heavy atom. The summed E-state index contributed by atoms with van der Waals surface area (Å²) in [6.45, 7) is 5.80. The number of carbonyl (C=O) groups is 1. The van der Waals surface area contributed by atoms with Gasteiger partial charge < -0.3 is 14.7 Å². The second-order valence-electron chi connectivity index (χ2n) is 9.54. The van der Waals surface area contributed by atoms with Gasteiger partial charge in [-0.25, -0.2) is 0 Å². The highest BCUT2D eigenvalue weighted by atomic mass is 16.2. The Kier molecular flexibility index (Phi) is 6.02. The number of amides is 1. The van der Waals surface area contributed by atoms with Crippen molar-refractivity contribution >= 4 is 5.91 Å². The molecule has 3 heterocycles. The molecule has 0 radical (unpaired) electrons. The Labute approximate surface area is 170 Å². The number of likely N-dealkylation sites (N-methyl/N-ethyl adjacent to an activating group) is 1. The van der Waals surface area contributed by atoms with E-state index in [1.165, 1.54) is 37.8 Å². The first-order valence-electron chi connectivity index (χ1n) is 11.1. The Morgan fingerprint density at radius 3 is 2.79 bits per heavy atom. The molecule has 1 saturated carbocycles. The van der Waals surface area contributed by atoms with Gasteiger partial charge >= 0.3 is 0 Å². The lowest BCUT2D eigenvalue weighted by molar-refractivity contribution is -0.146. The summed E-state index contributed by atoms with van der Waals surface area (Å²) in [7, 11) is 4.17. The molecular formula is C23H36N4O. The lowest BCUT2D eigenvalue weighted by Gasteiger charge is -2.43. The molecule has 2 saturated heterocycles. The number of piperidine rings is 1. The summed E-state index contributed by atoms with van der Waals surface area (Å²) in [4.78, 5) is 25.1. The topological polar surface area (TPSA) is 39.7 Å². The van der Waals surface area contributed by atoms with Crippen molar-refractivity contribution in [3.63, 3.8) is 0 Å². The number of aromatic nitrogens is 1. The highest BCUT2D eigenvalue weighted by Crippen LogP contribution is 2.49. The van der Waals surface area contributed by atoms with E-state index in [9.17, 15) is 4.79 Å². The first-order valence-corrected chi connectivity index (χ1v) is 11.1. The van der Waals surface area contributed by atoms with Crippen molar-refractivity contribution in [1.82, 2.24) is 19.7 Å². The minimum absolute atomic E-state index is 0.258. The maximum absolute atomic E-state index is 13.8. The smallest absolute Gasteiger partial charge is 0.230 e. The van der Waals surface area contributed by atoms with Gasteiger partial charge in [0, 0.05) is 57.6 Å². The molecule has 3 aliphatic rings. The molecule has 0 unspecified atom stereocenters. The third-order valence-electron chi connectivity index (χ3n) is 7.27. The van der Waals surface area contributed by atoms with Crippen LogP contribution >= 0.6 is 0 Å². The van der Waals surface area contributed by atoms with Gasteiger partial charge in [-0.1, -0.05) is 18.9 Å². The summed E-state index contributed by atoms with van der Waals surface area (Å²) in [5.74, 6) is 1.49. The predicted octanol–water partition coefficient (Wildman–Crippen LogP) is 2.84. The summed E-state index contributed by atoms with van der Waals surface area (Å²) in [5.41, 5.74) is 0.992. The Hall–Kier alpha value is -1.46. The van der Waals surface area contributed by atoms with Crippen LogP contribution in [0.25, 0.3) is 0 Å². The normalized spacial score (nSPS) is 29.5. The van der Waals surface area contributed by atoms with Gasteiger partial charge in [-0.05, 0) is 57.3 Å². The minimum atomic E-state index is -0.258. The van der Waals surface area contributed by atoms with E-state index in [0.717, 1.165) is 51.5 Å². The van der Waals surface area contributed by atoms with Crippen molar-refractivity contribution in [2.45, 2.75) is 44.4 Å². The molecule has 1 aromatic rings. The molecule has 2 aliphatic heterocycles. The van der Waals surface area contributed by atoms with Crippen LogP contribution in [0.3, 0.4) is 0 Å². The highest BCUT2D eigenvalue weighted by molar-refractivity contribution is 5.85. The van der Waals surface area contributed by atoms with Gasteiger partial charge in [-0.2, -0.15) is 0 Å². The average Bonchev–Trinajstić information content (AvgIpc) is 3.32. The van der Waals surface area contributed by atoms with E-state index in [-0.39, 0.29) is 11.3 Å². The first-order chi connectivity index (χ1) is 13.6. The van der Waals surface area contributed by atoms with Crippen LogP contribution in [0, 0.1) is 11.3 Å². The van der Waals surface area contributed by atoms with Crippen LogP contribution in [0.4, 0.5) is 0 Å². The van der Waals surface area contributed by atoms with Gasteiger partial charge in [0.25, 0.3) is 0 Å². The van der Waals surface area contributed by atoms with Gasteiger partial charge in [-0.3, -0.25) is 9.78 Å². The highest BCUT2D eigenvalue weighted by Gasteiger charge is 2.55. The first kappa shape index (κ1) is 19.8. The number of rotatable bonds is 6. The van der Waals surface area contributed by atoms with Gasteiger partial charge in [0.1, 0.15) is 0 Å². The van der Waals surface area contributed by atoms with E-state index in [0.29, 0.717) is 5.91 Å². The average molecular weight is 385 g/mol. The number of pyridine rings is 1. The molecule has 5 nitrogen and oxygen atoms in total. The minimum Gasteiger partial charge on any atom is -0.341 e. The summed E-state index contributed by atoms with van der Waals surface area (Å²) >= 11 is 0. The molecule has 0 bridgehead atoms. The van der Waals surface area contributed by atoms with Gasteiger partial charge in [0.2, 0.25) is 5.91 Å². The second kappa shape index (κ2) is 8.50. The molecule has 154 valence electrons. The standard InChI is InChI=1S/C23H36N4O/c1-25(2)13-14-27-12-6-10-23(22(27)28)18-26(16-19-7-3-4-8-19)17-21(23)20-9-5-11-24-15-20/h5,9,11,15,19,21H,3-4,6-8,10,12-14,16-18H2,1-2H3/t21-,23-/m0/s1.